The third-order valence-electron chi connectivity index (χ3n) is 2.33. The topological polar surface area (TPSA) is 80.4 Å². The molecule has 0 spiro atoms. The molecule has 6 nitrogen and oxygen atoms in total. The van der Waals surface area contributed by atoms with Gasteiger partial charge in [-0.25, -0.2) is 4.98 Å². The predicted octanol–water partition coefficient (Wildman–Crippen LogP) is -0.926. The van der Waals surface area contributed by atoms with Crippen LogP contribution in [0.25, 0.3) is 0 Å². The molecule has 0 atom stereocenters. The summed E-state index contributed by atoms with van der Waals surface area (Å²) in [4.78, 5) is 4.02. The van der Waals surface area contributed by atoms with Crippen LogP contribution in [0.2, 0.25) is 0 Å². The second-order valence-corrected chi connectivity index (χ2v) is 3.53. The second-order valence-electron chi connectivity index (χ2n) is 3.53. The monoisotopic (exact) mass is 233 g/mol. The molecule has 0 aliphatic heterocycles. The summed E-state index contributed by atoms with van der Waals surface area (Å²) in [5.74, 6) is 1.25. The number of nitrogens with zero attached hydrogens (tertiary/aromatic N) is 3. The SMILES string of the molecule is Cn1ncnc1COc1cccc(B(O)O)c1. The van der Waals surface area contributed by atoms with E-state index in [1.54, 1.807) is 36.0 Å². The lowest BCUT2D eigenvalue weighted by Crippen LogP contribution is -2.29. The number of ether oxygens (including phenoxy) is 1. The highest BCUT2D eigenvalue weighted by atomic mass is 16.5. The van der Waals surface area contributed by atoms with Crippen LogP contribution in [0.1, 0.15) is 5.82 Å². The Morgan fingerprint density at radius 1 is 1.41 bits per heavy atom. The molecule has 2 N–H and O–H groups in total. The second kappa shape index (κ2) is 4.98. The fourth-order valence-electron chi connectivity index (χ4n) is 1.36. The summed E-state index contributed by atoms with van der Waals surface area (Å²) in [6.07, 6.45) is 1.45. The van der Waals surface area contributed by atoms with Crippen molar-refractivity contribution in [1.29, 1.82) is 0 Å². The minimum atomic E-state index is -1.49. The molecule has 0 amide bonds. The molecule has 1 aromatic heterocycles. The van der Waals surface area contributed by atoms with Gasteiger partial charge in [0.05, 0.1) is 0 Å². The Morgan fingerprint density at radius 3 is 2.88 bits per heavy atom. The smallest absolute Gasteiger partial charge is 0.486 e. The van der Waals surface area contributed by atoms with Crippen molar-refractivity contribution < 1.29 is 14.8 Å². The van der Waals surface area contributed by atoms with E-state index in [-0.39, 0.29) is 6.61 Å². The molecule has 1 heterocycles. The Morgan fingerprint density at radius 2 is 2.24 bits per heavy atom. The zero-order chi connectivity index (χ0) is 12.3. The quantitative estimate of drug-likeness (QED) is 0.667. The Kier molecular flexibility index (Phi) is 3.41. The average molecular weight is 233 g/mol. The van der Waals surface area contributed by atoms with Crippen LogP contribution in [-0.4, -0.2) is 31.9 Å². The zero-order valence-electron chi connectivity index (χ0n) is 9.32. The summed E-state index contributed by atoms with van der Waals surface area (Å²) in [7, 11) is 0.285. The van der Waals surface area contributed by atoms with Crippen LogP contribution in [-0.2, 0) is 13.7 Å². The molecule has 2 aromatic rings. The lowest BCUT2D eigenvalue weighted by molar-refractivity contribution is 0.290. The van der Waals surface area contributed by atoms with Gasteiger partial charge in [-0.15, -0.1) is 0 Å². The highest BCUT2D eigenvalue weighted by Crippen LogP contribution is 2.09. The predicted molar refractivity (Wildman–Crippen MR) is 61.6 cm³/mol. The number of hydrogen-bond donors (Lipinski definition) is 2. The highest BCUT2D eigenvalue weighted by Gasteiger charge is 2.11. The van der Waals surface area contributed by atoms with Gasteiger partial charge in [-0.05, 0) is 17.6 Å². The maximum atomic E-state index is 9.02. The molecule has 2 rings (SSSR count). The molecule has 0 saturated carbocycles. The highest BCUT2D eigenvalue weighted by molar-refractivity contribution is 6.58. The molecule has 17 heavy (non-hydrogen) atoms. The first-order chi connectivity index (χ1) is 8.16. The first kappa shape index (κ1) is 11.6. The van der Waals surface area contributed by atoms with Crippen LogP contribution in [0.4, 0.5) is 0 Å². The minimum absolute atomic E-state index is 0.279. The van der Waals surface area contributed by atoms with Crippen molar-refractivity contribution in [3.63, 3.8) is 0 Å². The molecule has 0 fully saturated rings. The summed E-state index contributed by atoms with van der Waals surface area (Å²) in [5, 5.41) is 22.0. The molecule has 0 saturated heterocycles. The zero-order valence-corrected chi connectivity index (χ0v) is 9.32. The third kappa shape index (κ3) is 2.83. The number of rotatable bonds is 4. The molecular weight excluding hydrogens is 221 g/mol. The van der Waals surface area contributed by atoms with Gasteiger partial charge in [-0.3, -0.25) is 4.68 Å². The lowest BCUT2D eigenvalue weighted by Gasteiger charge is -2.07. The van der Waals surface area contributed by atoms with Crippen molar-refractivity contribution in [2.45, 2.75) is 6.61 Å². The van der Waals surface area contributed by atoms with E-state index in [0.29, 0.717) is 17.0 Å². The van der Waals surface area contributed by atoms with Gasteiger partial charge in [-0.2, -0.15) is 5.10 Å². The molecule has 0 bridgehead atoms. The fourth-order valence-corrected chi connectivity index (χ4v) is 1.36. The van der Waals surface area contributed by atoms with Gasteiger partial charge in [0.1, 0.15) is 18.7 Å². The maximum absolute atomic E-state index is 9.02. The number of aryl methyl sites for hydroxylation is 1. The molecule has 0 radical (unpaired) electrons. The van der Waals surface area contributed by atoms with Crippen molar-refractivity contribution >= 4 is 12.6 Å². The van der Waals surface area contributed by atoms with Gasteiger partial charge in [0, 0.05) is 7.05 Å². The average Bonchev–Trinajstić information content (AvgIpc) is 2.72. The normalized spacial score (nSPS) is 10.3. The van der Waals surface area contributed by atoms with E-state index in [0.717, 1.165) is 0 Å². The summed E-state index contributed by atoms with van der Waals surface area (Å²) in [6.45, 7) is 0.279. The van der Waals surface area contributed by atoms with E-state index < -0.39 is 7.12 Å². The number of hydrogen-bond acceptors (Lipinski definition) is 5. The Bertz CT molecular complexity index is 501. The van der Waals surface area contributed by atoms with Crippen molar-refractivity contribution in [2.75, 3.05) is 0 Å². The van der Waals surface area contributed by atoms with E-state index in [9.17, 15) is 0 Å². The van der Waals surface area contributed by atoms with Crippen LogP contribution in [0, 0.1) is 0 Å². The van der Waals surface area contributed by atoms with Crippen LogP contribution in [0.15, 0.2) is 30.6 Å². The van der Waals surface area contributed by atoms with Crippen LogP contribution >= 0.6 is 0 Å². The molecule has 0 unspecified atom stereocenters. The molecule has 0 aliphatic rings. The molecular formula is C10H12BN3O3. The van der Waals surface area contributed by atoms with Gasteiger partial charge in [-0.1, -0.05) is 12.1 Å². The molecule has 1 aromatic carbocycles. The molecule has 0 aliphatic carbocycles. The first-order valence-electron chi connectivity index (χ1n) is 5.08. The number of benzene rings is 1. The number of aromatic nitrogens is 3. The summed E-state index contributed by atoms with van der Waals surface area (Å²) in [5.41, 5.74) is 0.389. The van der Waals surface area contributed by atoms with Gasteiger partial charge < -0.3 is 14.8 Å². The van der Waals surface area contributed by atoms with Crippen molar-refractivity contribution in [2.24, 2.45) is 7.05 Å². The third-order valence-corrected chi connectivity index (χ3v) is 2.33. The minimum Gasteiger partial charge on any atom is -0.486 e. The molecule has 7 heteroatoms. The van der Waals surface area contributed by atoms with E-state index in [4.69, 9.17) is 14.8 Å². The van der Waals surface area contributed by atoms with E-state index in [1.165, 1.54) is 6.33 Å². The van der Waals surface area contributed by atoms with Gasteiger partial charge in [0.2, 0.25) is 0 Å². The summed E-state index contributed by atoms with van der Waals surface area (Å²) >= 11 is 0. The van der Waals surface area contributed by atoms with Gasteiger partial charge >= 0.3 is 7.12 Å². The van der Waals surface area contributed by atoms with Crippen LogP contribution in [0.5, 0.6) is 5.75 Å². The summed E-state index contributed by atoms with van der Waals surface area (Å²) in [6, 6.07) is 6.61. The Balaban J connectivity index is 2.04. The first-order valence-corrected chi connectivity index (χ1v) is 5.08. The van der Waals surface area contributed by atoms with Crippen molar-refractivity contribution in [3.05, 3.63) is 36.4 Å². The largest absolute Gasteiger partial charge is 0.488 e. The van der Waals surface area contributed by atoms with E-state index in [2.05, 4.69) is 10.1 Å². The Hall–Kier alpha value is -1.86. The van der Waals surface area contributed by atoms with Crippen LogP contribution < -0.4 is 10.2 Å². The van der Waals surface area contributed by atoms with Crippen LogP contribution in [0.3, 0.4) is 0 Å². The standard InChI is InChI=1S/C10H12BN3O3/c1-14-10(12-7-13-14)6-17-9-4-2-3-8(5-9)11(15)16/h2-5,7,15-16H,6H2,1H3. The fraction of sp³-hybridized carbons (Fsp3) is 0.200. The van der Waals surface area contributed by atoms with Gasteiger partial charge in [0.15, 0.2) is 5.82 Å². The molecule has 88 valence electrons. The Labute approximate surface area is 98.6 Å². The van der Waals surface area contributed by atoms with Gasteiger partial charge in [0.25, 0.3) is 0 Å². The van der Waals surface area contributed by atoms with E-state index in [1.807, 2.05) is 0 Å². The summed E-state index contributed by atoms with van der Waals surface area (Å²) < 4.78 is 7.09. The van der Waals surface area contributed by atoms with E-state index >= 15 is 0 Å². The lowest BCUT2D eigenvalue weighted by atomic mass is 9.80. The van der Waals surface area contributed by atoms with Crippen molar-refractivity contribution in [1.82, 2.24) is 14.8 Å². The maximum Gasteiger partial charge on any atom is 0.488 e. The van der Waals surface area contributed by atoms with Crippen molar-refractivity contribution in [3.8, 4) is 5.75 Å².